The van der Waals surface area contributed by atoms with Crippen molar-refractivity contribution in [2.24, 2.45) is 5.41 Å². The molecule has 0 radical (unpaired) electrons. The summed E-state index contributed by atoms with van der Waals surface area (Å²) in [7, 11) is 0. The molecular formula is C29H25ClFN3O2S. The molecule has 0 atom stereocenters. The highest BCUT2D eigenvalue weighted by Crippen LogP contribution is 2.23. The van der Waals surface area contributed by atoms with E-state index in [1.54, 1.807) is 26.8 Å². The van der Waals surface area contributed by atoms with E-state index < -0.39 is 16.8 Å². The minimum atomic E-state index is -0.827. The zero-order valence-corrected chi connectivity index (χ0v) is 22.7. The molecule has 0 aliphatic carbocycles. The van der Waals surface area contributed by atoms with Gasteiger partial charge in [-0.05, 0) is 80.1 Å². The highest BCUT2D eigenvalue weighted by molar-refractivity contribution is 7.07. The molecule has 0 saturated heterocycles. The molecule has 188 valence electrons. The lowest BCUT2D eigenvalue weighted by Gasteiger charge is -2.15. The van der Waals surface area contributed by atoms with E-state index in [0.717, 1.165) is 34.0 Å². The van der Waals surface area contributed by atoms with Gasteiger partial charge < -0.3 is 4.57 Å². The predicted octanol–water partition coefficient (Wildman–Crippen LogP) is 5.22. The topological polar surface area (TPSA) is 67.8 Å². The number of halogens is 2. The van der Waals surface area contributed by atoms with Crippen molar-refractivity contribution in [3.8, 4) is 17.4 Å². The lowest BCUT2D eigenvalue weighted by atomic mass is 9.87. The fourth-order valence-corrected chi connectivity index (χ4v) is 5.33. The molecule has 0 saturated carbocycles. The Balaban J connectivity index is 2.03. The van der Waals surface area contributed by atoms with Gasteiger partial charge in [0, 0.05) is 27.5 Å². The zero-order chi connectivity index (χ0) is 27.1. The minimum Gasteiger partial charge on any atom is -0.318 e. The van der Waals surface area contributed by atoms with E-state index in [1.807, 2.05) is 50.2 Å². The third-order valence-corrected chi connectivity index (χ3v) is 7.33. The Bertz CT molecular complexity index is 1730. The molecule has 0 fully saturated rings. The van der Waals surface area contributed by atoms with Crippen LogP contribution < -0.4 is 14.8 Å². The first kappa shape index (κ1) is 26.3. The molecule has 37 heavy (non-hydrogen) atoms. The average Bonchev–Trinajstić information content (AvgIpc) is 3.30. The molecule has 0 aliphatic heterocycles. The molecule has 0 amide bonds. The number of rotatable bonds is 4. The van der Waals surface area contributed by atoms with Gasteiger partial charge in [0.15, 0.2) is 5.78 Å². The number of ketones is 1. The first-order chi connectivity index (χ1) is 17.4. The van der Waals surface area contributed by atoms with Crippen LogP contribution in [0.1, 0.15) is 37.7 Å². The number of nitrogens with zero attached hydrogens (tertiary/aromatic N) is 3. The van der Waals surface area contributed by atoms with Gasteiger partial charge in [-0.3, -0.25) is 14.2 Å². The first-order valence-corrected chi connectivity index (χ1v) is 12.8. The fourth-order valence-electron chi connectivity index (χ4n) is 4.11. The number of carbonyl (C=O) groups is 1. The van der Waals surface area contributed by atoms with E-state index in [9.17, 15) is 19.2 Å². The summed E-state index contributed by atoms with van der Waals surface area (Å²) >= 11 is 7.12. The van der Waals surface area contributed by atoms with Crippen molar-refractivity contribution in [3.05, 3.63) is 102 Å². The van der Waals surface area contributed by atoms with Gasteiger partial charge in [0.25, 0.3) is 5.56 Å². The summed E-state index contributed by atoms with van der Waals surface area (Å²) in [5.74, 6) is -0.829. The van der Waals surface area contributed by atoms with Crippen LogP contribution in [0.4, 0.5) is 4.39 Å². The lowest BCUT2D eigenvalue weighted by Crippen LogP contribution is -2.33. The molecule has 4 rings (SSSR count). The van der Waals surface area contributed by atoms with Gasteiger partial charge in [-0.2, -0.15) is 5.26 Å². The number of Topliss-reactive ketones (excluding diaryl/α,β-unsaturated/α-hetero) is 1. The molecular weight excluding hydrogens is 509 g/mol. The van der Waals surface area contributed by atoms with Crippen molar-refractivity contribution >= 4 is 40.4 Å². The van der Waals surface area contributed by atoms with E-state index in [0.29, 0.717) is 15.2 Å². The summed E-state index contributed by atoms with van der Waals surface area (Å²) in [6, 6.07) is 16.9. The predicted molar refractivity (Wildman–Crippen MR) is 146 cm³/mol. The molecule has 4 aromatic rings. The van der Waals surface area contributed by atoms with Crippen molar-refractivity contribution in [3.63, 3.8) is 0 Å². The standard InChI is InChI=1S/C29H25ClFN3O2S/c1-17-14-19(18(2)33(17)22-10-6-20(30)7-11-22)15-25-27(36)34(23-12-8-21(31)9-13-23)28(37-25)24(16-32)26(35)29(3,4)5/h6-15H,1-5H3/b25-15-,28-24-. The van der Waals surface area contributed by atoms with Crippen LogP contribution in [-0.2, 0) is 4.79 Å². The average molecular weight is 534 g/mol. The number of benzene rings is 2. The summed E-state index contributed by atoms with van der Waals surface area (Å²) in [4.78, 5) is 26.8. The van der Waals surface area contributed by atoms with Crippen LogP contribution in [0.3, 0.4) is 0 Å². The number of aromatic nitrogens is 2. The van der Waals surface area contributed by atoms with Crippen molar-refractivity contribution in [1.29, 1.82) is 5.26 Å². The zero-order valence-electron chi connectivity index (χ0n) is 21.1. The van der Waals surface area contributed by atoms with Gasteiger partial charge in [0.1, 0.15) is 22.1 Å². The Morgan fingerprint density at radius 2 is 1.59 bits per heavy atom. The van der Waals surface area contributed by atoms with Gasteiger partial charge in [0.05, 0.1) is 10.2 Å². The van der Waals surface area contributed by atoms with Gasteiger partial charge in [-0.1, -0.05) is 32.4 Å². The fraction of sp³-hybridized carbons (Fsp3) is 0.207. The van der Waals surface area contributed by atoms with E-state index in [2.05, 4.69) is 4.57 Å². The Hall–Kier alpha value is -3.73. The monoisotopic (exact) mass is 533 g/mol. The molecule has 2 aromatic carbocycles. The Morgan fingerprint density at radius 3 is 2.16 bits per heavy atom. The number of aryl methyl sites for hydroxylation is 1. The van der Waals surface area contributed by atoms with Crippen LogP contribution >= 0.6 is 22.9 Å². The van der Waals surface area contributed by atoms with Crippen LogP contribution in [0.2, 0.25) is 5.02 Å². The second-order valence-electron chi connectivity index (χ2n) is 9.74. The van der Waals surface area contributed by atoms with Crippen LogP contribution in [-0.4, -0.2) is 14.9 Å². The van der Waals surface area contributed by atoms with E-state index in [1.165, 1.54) is 28.8 Å². The maximum atomic E-state index is 13.7. The number of nitriles is 1. The first-order valence-electron chi connectivity index (χ1n) is 11.6. The molecule has 8 heteroatoms. The summed E-state index contributed by atoms with van der Waals surface area (Å²) in [6.07, 6.45) is 1.77. The summed E-state index contributed by atoms with van der Waals surface area (Å²) in [6.45, 7) is 9.09. The normalized spacial score (nSPS) is 13.0. The molecule has 5 nitrogen and oxygen atoms in total. The number of thiazole rings is 1. The highest BCUT2D eigenvalue weighted by Gasteiger charge is 2.27. The van der Waals surface area contributed by atoms with E-state index in [-0.39, 0.29) is 16.0 Å². The third kappa shape index (κ3) is 5.08. The molecule has 2 aromatic heterocycles. The smallest absolute Gasteiger partial charge is 0.273 e. The molecule has 0 aliphatic rings. The lowest BCUT2D eigenvalue weighted by molar-refractivity contribution is -0.120. The SMILES string of the molecule is Cc1cc(/C=c2\s/c(=C(/C#N)C(=O)C(C)(C)C)n(-c3ccc(F)cc3)c2=O)c(C)n1-c1ccc(Cl)cc1. The summed E-state index contributed by atoms with van der Waals surface area (Å²) in [5, 5.41) is 10.6. The summed E-state index contributed by atoms with van der Waals surface area (Å²) in [5.41, 5.74) is 2.69. The van der Waals surface area contributed by atoms with Crippen molar-refractivity contribution in [2.45, 2.75) is 34.6 Å². The summed E-state index contributed by atoms with van der Waals surface area (Å²) < 4.78 is 17.6. The highest BCUT2D eigenvalue weighted by atomic mass is 35.5. The third-order valence-electron chi connectivity index (χ3n) is 5.98. The molecule has 0 bridgehead atoms. The van der Waals surface area contributed by atoms with Crippen LogP contribution in [0.5, 0.6) is 0 Å². The van der Waals surface area contributed by atoms with Gasteiger partial charge in [0.2, 0.25) is 0 Å². The van der Waals surface area contributed by atoms with Gasteiger partial charge >= 0.3 is 0 Å². The largest absolute Gasteiger partial charge is 0.318 e. The quantitative estimate of drug-likeness (QED) is 0.361. The molecule has 0 spiro atoms. The second kappa shape index (κ2) is 9.97. The van der Waals surface area contributed by atoms with Crippen LogP contribution in [0, 0.1) is 36.4 Å². The van der Waals surface area contributed by atoms with Crippen LogP contribution in [0.15, 0.2) is 59.4 Å². The van der Waals surface area contributed by atoms with Gasteiger partial charge in [-0.15, -0.1) is 11.3 Å². The second-order valence-corrected chi connectivity index (χ2v) is 11.2. The van der Waals surface area contributed by atoms with Gasteiger partial charge in [-0.25, -0.2) is 4.39 Å². The van der Waals surface area contributed by atoms with E-state index >= 15 is 0 Å². The Kier molecular flexibility index (Phi) is 7.09. The minimum absolute atomic E-state index is 0.106. The molecule has 0 unspecified atom stereocenters. The maximum Gasteiger partial charge on any atom is 0.273 e. The maximum absolute atomic E-state index is 13.7. The van der Waals surface area contributed by atoms with Crippen molar-refractivity contribution in [1.82, 2.24) is 9.13 Å². The van der Waals surface area contributed by atoms with Crippen LogP contribution in [0.25, 0.3) is 23.0 Å². The molecule has 2 heterocycles. The molecule has 0 N–H and O–H groups in total. The van der Waals surface area contributed by atoms with Crippen molar-refractivity contribution < 1.29 is 9.18 Å². The number of hydrogen-bond acceptors (Lipinski definition) is 4. The Labute approximate surface area is 223 Å². The van der Waals surface area contributed by atoms with E-state index in [4.69, 9.17) is 11.6 Å². The number of hydrogen-bond donors (Lipinski definition) is 0. The Morgan fingerprint density at radius 1 is 1.03 bits per heavy atom. The number of carbonyl (C=O) groups excluding carboxylic acids is 1. The van der Waals surface area contributed by atoms with Crippen molar-refractivity contribution in [2.75, 3.05) is 0 Å².